The Morgan fingerprint density at radius 1 is 1.15 bits per heavy atom. The van der Waals surface area contributed by atoms with Gasteiger partial charge in [0, 0.05) is 16.6 Å². The first-order valence-corrected chi connectivity index (χ1v) is 10.2. The van der Waals surface area contributed by atoms with Gasteiger partial charge in [0.2, 0.25) is 0 Å². The summed E-state index contributed by atoms with van der Waals surface area (Å²) in [5.41, 5.74) is 1.20. The molecule has 0 atom stereocenters. The van der Waals surface area contributed by atoms with E-state index in [1.165, 1.54) is 35.6 Å². The lowest BCUT2D eigenvalue weighted by molar-refractivity contribution is 0.102. The van der Waals surface area contributed by atoms with Crippen molar-refractivity contribution in [2.45, 2.75) is 11.8 Å². The topological polar surface area (TPSA) is 88.2 Å². The minimum Gasteiger partial charge on any atom is -0.298 e. The Kier molecular flexibility index (Phi) is 5.26. The number of carbonyl (C=O) groups is 1. The average molecular weight is 408 g/mol. The van der Waals surface area contributed by atoms with E-state index >= 15 is 0 Å². The number of anilines is 2. The number of hydrogen-bond acceptors (Lipinski definition) is 5. The summed E-state index contributed by atoms with van der Waals surface area (Å²) in [5, 5.41) is 5.24. The van der Waals surface area contributed by atoms with E-state index in [4.69, 9.17) is 11.6 Å². The van der Waals surface area contributed by atoms with Gasteiger partial charge < -0.3 is 0 Å². The average Bonchev–Trinajstić information content (AvgIpc) is 3.08. The van der Waals surface area contributed by atoms with E-state index in [0.29, 0.717) is 10.2 Å². The number of benzene rings is 2. The monoisotopic (exact) mass is 407 g/mol. The van der Waals surface area contributed by atoms with E-state index in [1.54, 1.807) is 29.8 Å². The number of sulfonamides is 1. The van der Waals surface area contributed by atoms with Crippen LogP contribution < -0.4 is 10.0 Å². The maximum absolute atomic E-state index is 12.6. The summed E-state index contributed by atoms with van der Waals surface area (Å²) in [6.45, 7) is 1.81. The molecule has 0 unspecified atom stereocenters. The Morgan fingerprint density at radius 3 is 2.54 bits per heavy atom. The summed E-state index contributed by atoms with van der Waals surface area (Å²) in [7, 11) is -3.87. The largest absolute Gasteiger partial charge is 0.298 e. The van der Waals surface area contributed by atoms with Crippen molar-refractivity contribution >= 4 is 49.7 Å². The SMILES string of the molecule is Cc1ccc(C(=O)Nc2nccs2)c(NS(=O)(=O)c2ccc(Cl)cc2)c1. The second-order valence-corrected chi connectivity index (χ2v) is 8.41. The maximum atomic E-state index is 12.6. The van der Waals surface area contributed by atoms with Crippen molar-refractivity contribution < 1.29 is 13.2 Å². The molecule has 1 heterocycles. The summed E-state index contributed by atoms with van der Waals surface area (Å²) in [5.74, 6) is -0.450. The van der Waals surface area contributed by atoms with Crippen LogP contribution in [-0.2, 0) is 10.0 Å². The van der Waals surface area contributed by atoms with Crippen LogP contribution in [0, 0.1) is 6.92 Å². The molecule has 2 aromatic carbocycles. The zero-order chi connectivity index (χ0) is 18.7. The van der Waals surface area contributed by atoms with Gasteiger partial charge in [0.05, 0.1) is 16.1 Å². The highest BCUT2D eigenvalue weighted by Crippen LogP contribution is 2.24. The molecule has 6 nitrogen and oxygen atoms in total. The van der Waals surface area contributed by atoms with Crippen molar-refractivity contribution in [3.05, 3.63) is 70.2 Å². The molecule has 2 N–H and O–H groups in total. The highest BCUT2D eigenvalue weighted by molar-refractivity contribution is 7.92. The third kappa shape index (κ3) is 4.21. The molecule has 1 aromatic heterocycles. The second kappa shape index (κ2) is 7.45. The van der Waals surface area contributed by atoms with Crippen LogP contribution in [0.15, 0.2) is 58.9 Å². The Bertz CT molecular complexity index is 1030. The normalized spacial score (nSPS) is 11.2. The quantitative estimate of drug-likeness (QED) is 0.664. The van der Waals surface area contributed by atoms with Gasteiger partial charge in [0.1, 0.15) is 0 Å². The Morgan fingerprint density at radius 2 is 1.88 bits per heavy atom. The molecule has 3 aromatic rings. The fraction of sp³-hybridized carbons (Fsp3) is 0.0588. The lowest BCUT2D eigenvalue weighted by Gasteiger charge is -2.13. The van der Waals surface area contributed by atoms with Gasteiger partial charge >= 0.3 is 0 Å². The molecule has 3 rings (SSSR count). The molecule has 0 aliphatic heterocycles. The van der Waals surface area contributed by atoms with E-state index in [9.17, 15) is 13.2 Å². The van der Waals surface area contributed by atoms with Crippen LogP contribution in [-0.4, -0.2) is 19.3 Å². The van der Waals surface area contributed by atoms with Gasteiger partial charge in [-0.25, -0.2) is 13.4 Å². The van der Waals surface area contributed by atoms with Crippen molar-refractivity contribution in [3.8, 4) is 0 Å². The number of thiazole rings is 1. The molecule has 1 amide bonds. The van der Waals surface area contributed by atoms with Crippen molar-refractivity contribution in [1.82, 2.24) is 4.98 Å². The number of carbonyl (C=O) groups excluding carboxylic acids is 1. The number of halogens is 1. The molecule has 0 saturated heterocycles. The van der Waals surface area contributed by atoms with Crippen LogP contribution in [0.5, 0.6) is 0 Å². The lowest BCUT2D eigenvalue weighted by atomic mass is 10.1. The Labute approximate surface area is 159 Å². The molecule has 0 fully saturated rings. The van der Waals surface area contributed by atoms with Crippen LogP contribution in [0.1, 0.15) is 15.9 Å². The predicted octanol–water partition coefficient (Wildman–Crippen LogP) is 4.16. The highest BCUT2D eigenvalue weighted by atomic mass is 35.5. The van der Waals surface area contributed by atoms with Gasteiger partial charge in [0.15, 0.2) is 5.13 Å². The number of amides is 1. The van der Waals surface area contributed by atoms with Gasteiger partial charge in [-0.3, -0.25) is 14.8 Å². The Hall–Kier alpha value is -2.42. The minimum absolute atomic E-state index is 0.0506. The lowest BCUT2D eigenvalue weighted by Crippen LogP contribution is -2.18. The Balaban J connectivity index is 1.92. The standard InChI is InChI=1S/C17H14ClN3O3S2/c1-11-2-7-14(16(22)20-17-19-8-9-25-17)15(10-11)21-26(23,24)13-5-3-12(18)4-6-13/h2-10,21H,1H3,(H,19,20,22). The molecule has 0 bridgehead atoms. The maximum Gasteiger partial charge on any atom is 0.261 e. The third-order valence-electron chi connectivity index (χ3n) is 3.44. The van der Waals surface area contributed by atoms with Gasteiger partial charge in [-0.05, 0) is 48.9 Å². The van der Waals surface area contributed by atoms with E-state index < -0.39 is 15.9 Å². The van der Waals surface area contributed by atoms with Gasteiger partial charge in [0.25, 0.3) is 15.9 Å². The first kappa shape index (κ1) is 18.4. The number of nitrogens with one attached hydrogen (secondary N) is 2. The molecule has 0 saturated carbocycles. The van der Waals surface area contributed by atoms with E-state index in [1.807, 2.05) is 6.92 Å². The summed E-state index contributed by atoms with van der Waals surface area (Å²) in [6.07, 6.45) is 1.57. The number of aromatic nitrogens is 1. The number of nitrogens with zero attached hydrogens (tertiary/aromatic N) is 1. The molecule has 0 aliphatic carbocycles. The predicted molar refractivity (Wildman–Crippen MR) is 104 cm³/mol. The molecule has 26 heavy (non-hydrogen) atoms. The smallest absolute Gasteiger partial charge is 0.261 e. The summed E-state index contributed by atoms with van der Waals surface area (Å²) in [6, 6.07) is 10.7. The van der Waals surface area contributed by atoms with E-state index in [-0.39, 0.29) is 16.1 Å². The van der Waals surface area contributed by atoms with Crippen molar-refractivity contribution in [2.75, 3.05) is 10.0 Å². The van der Waals surface area contributed by atoms with Crippen LogP contribution in [0.2, 0.25) is 5.02 Å². The van der Waals surface area contributed by atoms with Crippen LogP contribution in [0.25, 0.3) is 0 Å². The van der Waals surface area contributed by atoms with E-state index in [2.05, 4.69) is 15.0 Å². The van der Waals surface area contributed by atoms with E-state index in [0.717, 1.165) is 5.56 Å². The summed E-state index contributed by atoms with van der Waals surface area (Å²) >= 11 is 7.08. The highest BCUT2D eigenvalue weighted by Gasteiger charge is 2.19. The summed E-state index contributed by atoms with van der Waals surface area (Å²) < 4.78 is 27.7. The van der Waals surface area contributed by atoms with Crippen molar-refractivity contribution in [3.63, 3.8) is 0 Å². The fourth-order valence-corrected chi connectivity index (χ4v) is 3.93. The molecule has 0 radical (unpaired) electrons. The van der Waals surface area contributed by atoms with Crippen LogP contribution in [0.4, 0.5) is 10.8 Å². The third-order valence-corrected chi connectivity index (χ3v) is 5.76. The zero-order valence-corrected chi connectivity index (χ0v) is 16.0. The van der Waals surface area contributed by atoms with Gasteiger partial charge in [-0.15, -0.1) is 11.3 Å². The minimum atomic E-state index is -3.87. The second-order valence-electron chi connectivity index (χ2n) is 5.40. The molecule has 134 valence electrons. The van der Waals surface area contributed by atoms with Crippen molar-refractivity contribution in [1.29, 1.82) is 0 Å². The number of aryl methyl sites for hydroxylation is 1. The van der Waals surface area contributed by atoms with Crippen LogP contribution >= 0.6 is 22.9 Å². The first-order chi connectivity index (χ1) is 12.3. The van der Waals surface area contributed by atoms with Crippen molar-refractivity contribution in [2.24, 2.45) is 0 Å². The molecular weight excluding hydrogens is 394 g/mol. The van der Waals surface area contributed by atoms with Gasteiger partial charge in [-0.1, -0.05) is 17.7 Å². The summed E-state index contributed by atoms with van der Waals surface area (Å²) in [4.78, 5) is 16.6. The molecule has 0 spiro atoms. The number of hydrogen-bond donors (Lipinski definition) is 2. The van der Waals surface area contributed by atoms with Gasteiger partial charge in [-0.2, -0.15) is 0 Å². The molecular formula is C17H14ClN3O3S2. The molecule has 9 heteroatoms. The number of rotatable bonds is 5. The van der Waals surface area contributed by atoms with Crippen LogP contribution in [0.3, 0.4) is 0 Å². The fourth-order valence-electron chi connectivity index (χ4n) is 2.21. The molecule has 0 aliphatic rings. The zero-order valence-electron chi connectivity index (χ0n) is 13.6. The first-order valence-electron chi connectivity index (χ1n) is 7.45.